The number of rotatable bonds is 10. The fraction of sp³-hybridized carbons (Fsp3) is 0.385. The molecule has 0 saturated carbocycles. The molecule has 1 fully saturated rings. The highest BCUT2D eigenvalue weighted by Crippen LogP contribution is 2.33. The number of likely N-dealkylation sites (N-methyl/N-ethyl adjacent to an activating group) is 1. The maximum Gasteiger partial charge on any atom is 0.319 e. The molecule has 188 valence electrons. The van der Waals surface area contributed by atoms with Crippen LogP contribution in [0.5, 0.6) is 5.75 Å². The van der Waals surface area contributed by atoms with Crippen molar-refractivity contribution in [2.24, 2.45) is 4.99 Å². The maximum absolute atomic E-state index is 15.0. The van der Waals surface area contributed by atoms with E-state index in [2.05, 4.69) is 27.5 Å². The predicted molar refractivity (Wildman–Crippen MR) is 139 cm³/mol. The maximum atomic E-state index is 15.0. The summed E-state index contributed by atoms with van der Waals surface area (Å²) in [4.78, 5) is 18.5. The van der Waals surface area contributed by atoms with Crippen molar-refractivity contribution >= 4 is 35.0 Å². The third-order valence-corrected chi connectivity index (χ3v) is 5.41. The van der Waals surface area contributed by atoms with Crippen LogP contribution >= 0.6 is 0 Å². The molecule has 0 aromatic heterocycles. The zero-order valence-electron chi connectivity index (χ0n) is 20.6. The van der Waals surface area contributed by atoms with Gasteiger partial charge in [-0.3, -0.25) is 4.99 Å². The molecule has 1 aliphatic rings. The molecule has 9 heteroatoms. The largest absolute Gasteiger partial charge is 0.492 e. The summed E-state index contributed by atoms with van der Waals surface area (Å²) in [5.41, 5.74) is 2.39. The monoisotopic (exact) mass is 483 g/mol. The number of ether oxygens (including phenoxy) is 2. The Morgan fingerprint density at radius 3 is 2.49 bits per heavy atom. The molecule has 8 nitrogen and oxygen atoms in total. The second-order valence-electron chi connectivity index (χ2n) is 8.50. The topological polar surface area (TPSA) is 87.2 Å². The van der Waals surface area contributed by atoms with Crippen molar-refractivity contribution < 1.29 is 18.7 Å². The molecule has 2 amide bonds. The lowest BCUT2D eigenvalue weighted by Gasteiger charge is -2.23. The van der Waals surface area contributed by atoms with Gasteiger partial charge in [-0.05, 0) is 58.1 Å². The van der Waals surface area contributed by atoms with Gasteiger partial charge in [0.15, 0.2) is 0 Å². The molecular formula is C26H34FN5O3. The number of aliphatic imine (C=N–C) groups is 1. The quantitative estimate of drug-likeness (QED) is 0.420. The number of hydrogen-bond donors (Lipinski definition) is 3. The first kappa shape index (κ1) is 26.2. The summed E-state index contributed by atoms with van der Waals surface area (Å²) in [5, 5.41) is 8.91. The Kier molecular flexibility index (Phi) is 9.63. The van der Waals surface area contributed by atoms with E-state index in [-0.39, 0.29) is 17.6 Å². The lowest BCUT2D eigenvalue weighted by molar-refractivity contribution is 0.0806. The van der Waals surface area contributed by atoms with Gasteiger partial charge in [0, 0.05) is 61.2 Å². The average molecular weight is 484 g/mol. The summed E-state index contributed by atoms with van der Waals surface area (Å²) in [6.45, 7) is 8.25. The second kappa shape index (κ2) is 12.9. The number of urea groups is 1. The van der Waals surface area contributed by atoms with Gasteiger partial charge >= 0.3 is 6.03 Å². The molecule has 35 heavy (non-hydrogen) atoms. The van der Waals surface area contributed by atoms with Crippen LogP contribution in [0, 0.1) is 5.82 Å². The lowest BCUT2D eigenvalue weighted by Crippen LogP contribution is -2.41. The number of anilines is 2. The minimum atomic E-state index is -0.478. The van der Waals surface area contributed by atoms with E-state index in [9.17, 15) is 4.79 Å². The highest BCUT2D eigenvalue weighted by atomic mass is 19.1. The van der Waals surface area contributed by atoms with Crippen LogP contribution < -0.4 is 20.7 Å². The highest BCUT2D eigenvalue weighted by molar-refractivity contribution is 5.90. The lowest BCUT2D eigenvalue weighted by atomic mass is 10.1. The van der Waals surface area contributed by atoms with Crippen LogP contribution in [-0.2, 0) is 4.74 Å². The number of carbonyl (C=O) groups excluding carboxylic acids is 1. The van der Waals surface area contributed by atoms with Gasteiger partial charge in [0.2, 0.25) is 0 Å². The third kappa shape index (κ3) is 8.08. The minimum Gasteiger partial charge on any atom is -0.492 e. The summed E-state index contributed by atoms with van der Waals surface area (Å²) in [6.07, 6.45) is 3.21. The fourth-order valence-electron chi connectivity index (χ4n) is 3.61. The van der Waals surface area contributed by atoms with Crippen LogP contribution in [0.4, 0.5) is 26.2 Å². The van der Waals surface area contributed by atoms with Crippen molar-refractivity contribution in [3.05, 3.63) is 54.4 Å². The van der Waals surface area contributed by atoms with Crippen LogP contribution in [0.3, 0.4) is 0 Å². The Balaban J connectivity index is 1.63. The normalized spacial score (nSPS) is 14.2. The van der Waals surface area contributed by atoms with Crippen LogP contribution in [-0.4, -0.2) is 63.6 Å². The molecule has 0 bridgehead atoms. The minimum absolute atomic E-state index is 0.118. The van der Waals surface area contributed by atoms with Gasteiger partial charge in [0.05, 0.1) is 11.3 Å². The van der Waals surface area contributed by atoms with Gasteiger partial charge in [-0.2, -0.15) is 0 Å². The molecule has 0 spiro atoms. The number of hydrogen-bond acceptors (Lipinski definition) is 6. The molecule has 3 rings (SSSR count). The molecule has 0 radical (unpaired) electrons. The standard InChI is InChI=1S/C26H34FN5O3/c1-5-28-24-17-22(35-15-12-32(3)4)16-23(27)25(24)18(2)29-19-6-8-20(9-7-19)30-26(33)31-21-10-13-34-14-11-21/h5-9,16-17,21,29H,2,10-15H2,1,3-4H3,(H2,30,31,33). The van der Waals surface area contributed by atoms with Gasteiger partial charge in [0.25, 0.3) is 0 Å². The molecule has 0 atom stereocenters. The summed E-state index contributed by atoms with van der Waals surface area (Å²) >= 11 is 0. The van der Waals surface area contributed by atoms with Crippen LogP contribution in [0.15, 0.2) is 48.0 Å². The van der Waals surface area contributed by atoms with Gasteiger partial charge in [-0.1, -0.05) is 6.58 Å². The van der Waals surface area contributed by atoms with Crippen molar-refractivity contribution in [1.82, 2.24) is 10.2 Å². The first-order chi connectivity index (χ1) is 16.9. The average Bonchev–Trinajstić information content (AvgIpc) is 2.80. The van der Waals surface area contributed by atoms with E-state index in [4.69, 9.17) is 9.47 Å². The van der Waals surface area contributed by atoms with Crippen molar-refractivity contribution in [2.45, 2.75) is 25.8 Å². The highest BCUT2D eigenvalue weighted by Gasteiger charge is 2.17. The molecule has 1 aliphatic heterocycles. The smallest absolute Gasteiger partial charge is 0.319 e. The number of benzene rings is 2. The predicted octanol–water partition coefficient (Wildman–Crippen LogP) is 4.87. The third-order valence-electron chi connectivity index (χ3n) is 5.41. The second-order valence-corrected chi connectivity index (χ2v) is 8.50. The molecule has 3 N–H and O–H groups in total. The molecule has 0 unspecified atom stereocenters. The Labute approximate surface area is 206 Å². The number of halogens is 1. The Morgan fingerprint density at radius 1 is 1.20 bits per heavy atom. The van der Waals surface area contributed by atoms with Crippen LogP contribution in [0.1, 0.15) is 25.3 Å². The van der Waals surface area contributed by atoms with Crippen molar-refractivity contribution in [3.8, 4) is 5.75 Å². The van der Waals surface area contributed by atoms with E-state index in [1.54, 1.807) is 43.5 Å². The molecule has 0 aliphatic carbocycles. The first-order valence-corrected chi connectivity index (χ1v) is 11.7. The van der Waals surface area contributed by atoms with Crippen molar-refractivity contribution in [1.29, 1.82) is 0 Å². The SMILES string of the molecule is C=C(Nc1ccc(NC(=O)NC2CCOCC2)cc1)c1c(F)cc(OCCN(C)C)cc1N=CC. The summed E-state index contributed by atoms with van der Waals surface area (Å²) in [7, 11) is 3.89. The van der Waals surface area contributed by atoms with Gasteiger partial charge in [-0.25, -0.2) is 9.18 Å². The number of amides is 2. The van der Waals surface area contributed by atoms with Gasteiger partial charge < -0.3 is 30.3 Å². The van der Waals surface area contributed by atoms with E-state index in [1.807, 2.05) is 19.0 Å². The van der Waals surface area contributed by atoms with E-state index in [0.29, 0.717) is 54.9 Å². The van der Waals surface area contributed by atoms with E-state index >= 15 is 4.39 Å². The van der Waals surface area contributed by atoms with Crippen molar-refractivity contribution in [3.63, 3.8) is 0 Å². The summed E-state index contributed by atoms with van der Waals surface area (Å²) in [6, 6.07) is 10.0. The first-order valence-electron chi connectivity index (χ1n) is 11.7. The van der Waals surface area contributed by atoms with E-state index in [1.165, 1.54) is 6.07 Å². The zero-order chi connectivity index (χ0) is 25.2. The Hall–Kier alpha value is -3.43. The zero-order valence-corrected chi connectivity index (χ0v) is 20.6. The molecule has 2 aromatic rings. The Bertz CT molecular complexity index is 1030. The van der Waals surface area contributed by atoms with E-state index < -0.39 is 5.82 Å². The van der Waals surface area contributed by atoms with Gasteiger partial charge in [0.1, 0.15) is 18.2 Å². The Morgan fingerprint density at radius 2 is 1.86 bits per heavy atom. The molecule has 1 heterocycles. The van der Waals surface area contributed by atoms with Crippen LogP contribution in [0.2, 0.25) is 0 Å². The molecular weight excluding hydrogens is 449 g/mol. The summed E-state index contributed by atoms with van der Waals surface area (Å²) < 4.78 is 26.0. The fourth-order valence-corrected chi connectivity index (χ4v) is 3.61. The number of nitrogens with one attached hydrogen (secondary N) is 3. The van der Waals surface area contributed by atoms with Gasteiger partial charge in [-0.15, -0.1) is 0 Å². The van der Waals surface area contributed by atoms with Crippen LogP contribution in [0.25, 0.3) is 5.70 Å². The summed E-state index contributed by atoms with van der Waals surface area (Å²) in [5.74, 6) is -0.0653. The molecule has 1 saturated heterocycles. The van der Waals surface area contributed by atoms with E-state index in [0.717, 1.165) is 12.8 Å². The number of nitrogens with zero attached hydrogens (tertiary/aromatic N) is 2. The molecule has 2 aromatic carbocycles. The van der Waals surface area contributed by atoms with Crippen molar-refractivity contribution in [2.75, 3.05) is 51.1 Å². The number of carbonyl (C=O) groups is 1.